The number of halogens is 3. The number of nitrogens with one attached hydrogen (secondary N) is 2. The van der Waals surface area contributed by atoms with Crippen LogP contribution in [0.3, 0.4) is 0 Å². The van der Waals surface area contributed by atoms with Crippen molar-refractivity contribution in [1.82, 2.24) is 20.5 Å². The zero-order valence-corrected chi connectivity index (χ0v) is 19.7. The van der Waals surface area contributed by atoms with Crippen molar-refractivity contribution in [1.29, 1.82) is 0 Å². The number of hydrogen-bond acceptors (Lipinski definition) is 5. The highest BCUT2D eigenvalue weighted by Gasteiger charge is 2.34. The molecule has 36 heavy (non-hydrogen) atoms. The number of carbonyl (C=O) groups is 1. The Morgan fingerprint density at radius 1 is 1.17 bits per heavy atom. The van der Waals surface area contributed by atoms with Gasteiger partial charge < -0.3 is 20.3 Å². The fourth-order valence-corrected chi connectivity index (χ4v) is 3.80. The van der Waals surface area contributed by atoms with Crippen molar-refractivity contribution in [3.8, 4) is 22.8 Å². The highest BCUT2D eigenvalue weighted by atomic mass is 19.4. The molecule has 2 heterocycles. The third kappa shape index (κ3) is 6.39. The van der Waals surface area contributed by atoms with Gasteiger partial charge in [-0.15, -0.1) is 0 Å². The number of aliphatic imine (C=N–C) groups is 1. The zero-order valence-electron chi connectivity index (χ0n) is 19.7. The first kappa shape index (κ1) is 25.2. The molecule has 0 saturated carbocycles. The molecule has 7 nitrogen and oxygen atoms in total. The van der Waals surface area contributed by atoms with Gasteiger partial charge in [-0.05, 0) is 60.2 Å². The smallest absolute Gasteiger partial charge is 0.420 e. The van der Waals surface area contributed by atoms with Crippen molar-refractivity contribution in [2.75, 3.05) is 33.2 Å². The van der Waals surface area contributed by atoms with Crippen molar-refractivity contribution in [2.45, 2.75) is 12.7 Å². The molecule has 10 heteroatoms. The van der Waals surface area contributed by atoms with Crippen LogP contribution in [0.15, 0.2) is 65.7 Å². The third-order valence-corrected chi connectivity index (χ3v) is 5.58. The third-order valence-electron chi connectivity index (χ3n) is 5.58. The molecule has 2 aromatic carbocycles. The Kier molecular flexibility index (Phi) is 7.84. The van der Waals surface area contributed by atoms with Gasteiger partial charge in [-0.25, -0.2) is 4.79 Å². The molecule has 0 radical (unpaired) electrons. The average molecular weight is 498 g/mol. The molecule has 188 valence electrons. The summed E-state index contributed by atoms with van der Waals surface area (Å²) in [6.07, 6.45) is -3.21. The molecule has 0 unspecified atom stereocenters. The summed E-state index contributed by atoms with van der Waals surface area (Å²) in [4.78, 5) is 21.8. The van der Waals surface area contributed by atoms with Gasteiger partial charge in [-0.2, -0.15) is 13.2 Å². The van der Waals surface area contributed by atoms with Crippen LogP contribution in [0.2, 0.25) is 0 Å². The Labute approximate surface area is 207 Å². The normalized spacial score (nSPS) is 13.9. The molecule has 0 bridgehead atoms. The Morgan fingerprint density at radius 2 is 1.97 bits per heavy atom. The summed E-state index contributed by atoms with van der Waals surface area (Å²) in [7, 11) is 1.50. The number of aromatic nitrogens is 1. The molecule has 2 N–H and O–H groups in total. The topological polar surface area (TPSA) is 78.9 Å². The summed E-state index contributed by atoms with van der Waals surface area (Å²) < 4.78 is 46.2. The number of benzene rings is 2. The highest BCUT2D eigenvalue weighted by molar-refractivity contribution is 5.80. The molecule has 1 saturated heterocycles. The van der Waals surface area contributed by atoms with Gasteiger partial charge in [0.2, 0.25) is 0 Å². The van der Waals surface area contributed by atoms with Gasteiger partial charge in [0.25, 0.3) is 0 Å². The standard InChI is InChI=1S/C26H26F3N5O2/c1-30-16-18-5-10-24(22(15-18)26(27,28)29)36-21-8-6-19(7-9-21)23-4-2-3-20(33-23)17-31-11-13-34-14-12-32-25(34)35/h2-10,15-16,31H,11-14,17H2,1H3,(H,32,35). The molecular weight excluding hydrogens is 471 g/mol. The fraction of sp³-hybridized carbons (Fsp3) is 0.269. The maximum Gasteiger partial charge on any atom is 0.420 e. The number of alkyl halides is 3. The van der Waals surface area contributed by atoms with E-state index in [1.807, 2.05) is 18.2 Å². The van der Waals surface area contributed by atoms with E-state index in [0.29, 0.717) is 38.3 Å². The number of rotatable bonds is 9. The molecule has 1 aliphatic heterocycles. The van der Waals surface area contributed by atoms with E-state index in [0.717, 1.165) is 23.0 Å². The van der Waals surface area contributed by atoms with Crippen molar-refractivity contribution in [3.63, 3.8) is 0 Å². The van der Waals surface area contributed by atoms with Gasteiger partial charge in [-0.1, -0.05) is 6.07 Å². The summed E-state index contributed by atoms with van der Waals surface area (Å²) in [5.41, 5.74) is 1.86. The molecule has 0 spiro atoms. The van der Waals surface area contributed by atoms with E-state index in [2.05, 4.69) is 20.6 Å². The zero-order chi connectivity index (χ0) is 25.5. The van der Waals surface area contributed by atoms with Gasteiger partial charge in [0.1, 0.15) is 11.5 Å². The minimum absolute atomic E-state index is 0.0399. The van der Waals surface area contributed by atoms with E-state index in [4.69, 9.17) is 4.74 Å². The minimum Gasteiger partial charge on any atom is -0.457 e. The first-order chi connectivity index (χ1) is 17.3. The molecule has 1 aliphatic rings. The number of urea groups is 1. The second kappa shape index (κ2) is 11.2. The summed E-state index contributed by atoms with van der Waals surface area (Å²) in [6.45, 7) is 3.21. The highest BCUT2D eigenvalue weighted by Crippen LogP contribution is 2.38. The van der Waals surface area contributed by atoms with Crippen LogP contribution < -0.4 is 15.4 Å². The van der Waals surface area contributed by atoms with E-state index < -0.39 is 11.7 Å². The quantitative estimate of drug-likeness (QED) is 0.331. The second-order valence-corrected chi connectivity index (χ2v) is 8.18. The van der Waals surface area contributed by atoms with Crippen molar-refractivity contribution >= 4 is 12.2 Å². The summed E-state index contributed by atoms with van der Waals surface area (Å²) >= 11 is 0. The molecule has 1 fully saturated rings. The van der Waals surface area contributed by atoms with Crippen LogP contribution in [0.25, 0.3) is 11.3 Å². The predicted molar refractivity (Wildman–Crippen MR) is 131 cm³/mol. The maximum atomic E-state index is 13.5. The van der Waals surface area contributed by atoms with E-state index in [-0.39, 0.29) is 17.5 Å². The first-order valence-electron chi connectivity index (χ1n) is 11.4. The number of amides is 2. The number of nitrogens with zero attached hydrogens (tertiary/aromatic N) is 3. The number of hydrogen-bond donors (Lipinski definition) is 2. The van der Waals surface area contributed by atoms with E-state index in [9.17, 15) is 18.0 Å². The second-order valence-electron chi connectivity index (χ2n) is 8.18. The Bertz CT molecular complexity index is 1230. The predicted octanol–water partition coefficient (Wildman–Crippen LogP) is 4.72. The van der Waals surface area contributed by atoms with Crippen LogP contribution in [0, 0.1) is 0 Å². The van der Waals surface area contributed by atoms with Crippen molar-refractivity contribution in [3.05, 3.63) is 77.5 Å². The van der Waals surface area contributed by atoms with Gasteiger partial charge >= 0.3 is 12.2 Å². The molecule has 0 aliphatic carbocycles. The van der Waals surface area contributed by atoms with Crippen LogP contribution in [0.1, 0.15) is 16.8 Å². The molecule has 4 rings (SSSR count). The largest absolute Gasteiger partial charge is 0.457 e. The Morgan fingerprint density at radius 3 is 2.67 bits per heavy atom. The van der Waals surface area contributed by atoms with E-state index >= 15 is 0 Å². The molecule has 2 amide bonds. The van der Waals surface area contributed by atoms with Gasteiger partial charge in [0.15, 0.2) is 0 Å². The lowest BCUT2D eigenvalue weighted by Gasteiger charge is -2.15. The lowest BCUT2D eigenvalue weighted by Crippen LogP contribution is -2.34. The van der Waals surface area contributed by atoms with Crippen LogP contribution >= 0.6 is 0 Å². The number of ether oxygens (including phenoxy) is 1. The summed E-state index contributed by atoms with van der Waals surface area (Å²) in [5, 5.41) is 6.06. The Hall–Kier alpha value is -3.92. The maximum absolute atomic E-state index is 13.5. The average Bonchev–Trinajstić information content (AvgIpc) is 3.27. The van der Waals surface area contributed by atoms with E-state index in [1.54, 1.807) is 29.2 Å². The summed E-state index contributed by atoms with van der Waals surface area (Å²) in [5.74, 6) is 0.00559. The SMILES string of the molecule is CN=Cc1ccc(Oc2ccc(-c3cccc(CNCCN4CCNC4=O)n3)cc2)c(C(F)(F)F)c1. The van der Waals surface area contributed by atoms with Gasteiger partial charge in [-0.3, -0.25) is 9.98 Å². The van der Waals surface area contributed by atoms with Gasteiger partial charge in [0, 0.05) is 51.5 Å². The summed E-state index contributed by atoms with van der Waals surface area (Å²) in [6, 6.07) is 16.2. The van der Waals surface area contributed by atoms with Crippen LogP contribution in [-0.2, 0) is 12.7 Å². The van der Waals surface area contributed by atoms with E-state index in [1.165, 1.54) is 25.4 Å². The van der Waals surface area contributed by atoms with Crippen LogP contribution in [-0.4, -0.2) is 55.4 Å². The van der Waals surface area contributed by atoms with Gasteiger partial charge in [0.05, 0.1) is 17.0 Å². The Balaban J connectivity index is 1.40. The van der Waals surface area contributed by atoms with Crippen LogP contribution in [0.5, 0.6) is 11.5 Å². The molecule has 3 aromatic rings. The number of carbonyl (C=O) groups excluding carboxylic acids is 1. The minimum atomic E-state index is -4.56. The van der Waals surface area contributed by atoms with Crippen molar-refractivity contribution < 1.29 is 22.7 Å². The number of pyridine rings is 1. The lowest BCUT2D eigenvalue weighted by atomic mass is 10.1. The van der Waals surface area contributed by atoms with Crippen LogP contribution in [0.4, 0.5) is 18.0 Å². The molecular formula is C26H26F3N5O2. The fourth-order valence-electron chi connectivity index (χ4n) is 3.80. The monoisotopic (exact) mass is 497 g/mol. The lowest BCUT2D eigenvalue weighted by molar-refractivity contribution is -0.138. The molecule has 0 atom stereocenters. The first-order valence-corrected chi connectivity index (χ1v) is 11.4. The van der Waals surface area contributed by atoms with Crippen molar-refractivity contribution in [2.24, 2.45) is 4.99 Å². The molecule has 1 aromatic heterocycles.